The number of hydrogen-bond acceptors (Lipinski definition) is 8. The zero-order valence-corrected chi connectivity index (χ0v) is 33.0. The molecule has 0 bridgehead atoms. The van der Waals surface area contributed by atoms with Crippen LogP contribution in [-0.2, 0) is 18.9 Å². The average molecular weight is 810 g/mol. The van der Waals surface area contributed by atoms with E-state index in [1.54, 1.807) is 23.7 Å². The Hall–Kier alpha value is -4.75. The van der Waals surface area contributed by atoms with Crippen LogP contribution in [0.15, 0.2) is 89.8 Å². The molecule has 4 aromatic carbocycles. The van der Waals surface area contributed by atoms with Crippen LogP contribution >= 0.6 is 19.1 Å². The Morgan fingerprint density at radius 1 is 0.836 bits per heavy atom. The van der Waals surface area contributed by atoms with Crippen molar-refractivity contribution in [3.8, 4) is 22.4 Å². The number of aromatic nitrogens is 1. The van der Waals surface area contributed by atoms with E-state index < -0.39 is 39.6 Å². The third-order valence-corrected chi connectivity index (χ3v) is 14.1. The predicted octanol–water partition coefficient (Wildman–Crippen LogP) is 8.64. The molecule has 5 aromatic rings. The topological polar surface area (TPSA) is 118 Å². The normalized spacial score (nSPS) is 17.7. The highest BCUT2D eigenvalue weighted by atomic mass is 35.5. The number of benzene rings is 4. The fraction of sp³-hybridized carbons (Fsp3) is 0.282. The maximum absolute atomic E-state index is 15.6. The first kappa shape index (κ1) is 38.5. The smallest absolute Gasteiger partial charge is 0.326 e. The zero-order chi connectivity index (χ0) is 39.4. The van der Waals surface area contributed by atoms with Gasteiger partial charge in [0.05, 0.1) is 34.0 Å². The molecule has 2 fully saturated rings. The van der Waals surface area contributed by atoms with E-state index in [4.69, 9.17) is 16.1 Å². The van der Waals surface area contributed by atoms with Crippen molar-refractivity contribution in [2.24, 2.45) is 0 Å². The van der Waals surface area contributed by atoms with Gasteiger partial charge in [0, 0.05) is 77.9 Å². The van der Waals surface area contributed by atoms with Crippen molar-refractivity contribution < 1.29 is 31.2 Å². The summed E-state index contributed by atoms with van der Waals surface area (Å²) < 4.78 is 79.7. The number of halogens is 3. The number of rotatable bonds is 9. The second kappa shape index (κ2) is 14.7. The van der Waals surface area contributed by atoms with Gasteiger partial charge in [0.25, 0.3) is 0 Å². The molecule has 1 aromatic heterocycles. The van der Waals surface area contributed by atoms with Crippen molar-refractivity contribution in [2.45, 2.75) is 31.7 Å². The van der Waals surface area contributed by atoms with Crippen LogP contribution in [0.1, 0.15) is 25.6 Å². The summed E-state index contributed by atoms with van der Waals surface area (Å²) in [6.07, 6.45) is 1.18. The second-order valence-corrected chi connectivity index (χ2v) is 18.6. The van der Waals surface area contributed by atoms with Crippen molar-refractivity contribution in [3.05, 3.63) is 117 Å². The van der Waals surface area contributed by atoms with E-state index in [1.165, 1.54) is 24.5 Å². The Morgan fingerprint density at radius 2 is 1.45 bits per heavy atom. The molecule has 288 valence electrons. The summed E-state index contributed by atoms with van der Waals surface area (Å²) in [5.41, 5.74) is 4.27. The molecule has 1 atom stereocenters. The minimum atomic E-state index is -3.74. The Bertz CT molecular complexity index is 2450. The van der Waals surface area contributed by atoms with Gasteiger partial charge >= 0.3 is 13.2 Å². The van der Waals surface area contributed by atoms with Crippen molar-refractivity contribution in [2.75, 3.05) is 60.1 Å². The fourth-order valence-electron chi connectivity index (χ4n) is 7.67. The van der Waals surface area contributed by atoms with Crippen LogP contribution in [0, 0.1) is 28.7 Å². The lowest BCUT2D eigenvalue weighted by molar-refractivity contribution is -0.387. The quantitative estimate of drug-likeness (QED) is 0.0819. The number of sulfone groups is 1. The van der Waals surface area contributed by atoms with E-state index in [2.05, 4.69) is 9.80 Å². The number of anilines is 3. The molecule has 0 amide bonds. The summed E-state index contributed by atoms with van der Waals surface area (Å²) in [5.74, 6) is -1.51. The Labute approximate surface area is 323 Å². The third-order valence-electron chi connectivity index (χ3n) is 10.1. The minimum absolute atomic E-state index is 0.0418. The van der Waals surface area contributed by atoms with Crippen LogP contribution in [0.4, 0.5) is 31.5 Å². The molecule has 2 saturated heterocycles. The molecular weight excluding hydrogens is 771 g/mol. The first-order chi connectivity index (χ1) is 26.1. The minimum Gasteiger partial charge on any atom is -0.368 e. The number of nitro benzene ring substituents is 1. The van der Waals surface area contributed by atoms with Crippen molar-refractivity contribution in [1.82, 2.24) is 4.57 Å². The van der Waals surface area contributed by atoms with Crippen molar-refractivity contribution in [3.63, 3.8) is 0 Å². The highest BCUT2D eigenvalue weighted by Crippen LogP contribution is 2.56. The molecule has 0 N–H and O–H groups in total. The highest BCUT2D eigenvalue weighted by Gasteiger charge is 2.41. The number of piperazine rings is 1. The van der Waals surface area contributed by atoms with Gasteiger partial charge in [-0.05, 0) is 98.6 Å². The fourth-order valence-corrected chi connectivity index (χ4v) is 11.2. The highest BCUT2D eigenvalue weighted by molar-refractivity contribution is 7.91. The lowest BCUT2D eigenvalue weighted by atomic mass is 9.99. The maximum atomic E-state index is 15.6. The van der Waals surface area contributed by atoms with Gasteiger partial charge in [-0.25, -0.2) is 12.8 Å². The molecule has 0 spiro atoms. The maximum Gasteiger partial charge on any atom is 0.326 e. The van der Waals surface area contributed by atoms with Gasteiger partial charge in [0.15, 0.2) is 9.84 Å². The largest absolute Gasteiger partial charge is 0.368 e. The van der Waals surface area contributed by atoms with Gasteiger partial charge in [0.2, 0.25) is 5.82 Å². The van der Waals surface area contributed by atoms with E-state index in [0.29, 0.717) is 65.1 Å². The zero-order valence-electron chi connectivity index (χ0n) is 30.6. The molecular formula is C39H39ClF2N5O6PS. The average Bonchev–Trinajstić information content (AvgIpc) is 3.70. The van der Waals surface area contributed by atoms with Gasteiger partial charge in [0.1, 0.15) is 5.82 Å². The van der Waals surface area contributed by atoms with E-state index >= 15 is 4.39 Å². The summed E-state index contributed by atoms with van der Waals surface area (Å²) in [4.78, 5) is 14.9. The summed E-state index contributed by atoms with van der Waals surface area (Å²) in [7, 11) is -7.47. The first-order valence-electron chi connectivity index (χ1n) is 17.7. The van der Waals surface area contributed by atoms with Crippen LogP contribution in [0.25, 0.3) is 22.4 Å². The van der Waals surface area contributed by atoms with Crippen LogP contribution in [0.5, 0.6) is 0 Å². The molecule has 0 radical (unpaired) electrons. The van der Waals surface area contributed by atoms with Gasteiger partial charge in [-0.3, -0.25) is 19.3 Å². The molecule has 16 heteroatoms. The molecule has 0 saturated carbocycles. The van der Waals surface area contributed by atoms with Gasteiger partial charge in [-0.2, -0.15) is 4.39 Å². The Morgan fingerprint density at radius 3 is 2.05 bits per heavy atom. The SMILES string of the molecule is Cc1c(S(C)(=O)=O)c(-c2cc(F)cc(N3CCN(c4ccc(N5CCOP5(=O)c5ccc(F)c([N+](=O)[O-])c5)cc4)CC3)c2)c(-c2ccc(Cl)cc2)n1C(C)C. The van der Waals surface area contributed by atoms with Crippen LogP contribution in [-0.4, -0.2) is 63.5 Å². The van der Waals surface area contributed by atoms with Crippen molar-refractivity contribution >= 4 is 57.0 Å². The molecule has 3 heterocycles. The predicted molar refractivity (Wildman–Crippen MR) is 213 cm³/mol. The first-order valence-corrected chi connectivity index (χ1v) is 21.5. The summed E-state index contributed by atoms with van der Waals surface area (Å²) in [6.45, 7) is 8.47. The number of nitrogens with zero attached hydrogens (tertiary/aromatic N) is 5. The van der Waals surface area contributed by atoms with Gasteiger partial charge in [-0.15, -0.1) is 0 Å². The van der Waals surface area contributed by atoms with E-state index in [1.807, 2.05) is 60.9 Å². The Balaban J connectivity index is 1.14. The molecule has 2 aliphatic rings. The molecule has 7 rings (SSSR count). The lowest BCUT2D eigenvalue weighted by Crippen LogP contribution is -2.46. The van der Waals surface area contributed by atoms with E-state index in [9.17, 15) is 27.5 Å². The lowest BCUT2D eigenvalue weighted by Gasteiger charge is -2.37. The van der Waals surface area contributed by atoms with E-state index in [-0.39, 0.29) is 29.4 Å². The van der Waals surface area contributed by atoms with Crippen LogP contribution in [0.3, 0.4) is 0 Å². The molecule has 55 heavy (non-hydrogen) atoms. The number of nitro groups is 1. The van der Waals surface area contributed by atoms with Crippen molar-refractivity contribution in [1.29, 1.82) is 0 Å². The Kier molecular flexibility index (Phi) is 10.3. The second-order valence-electron chi connectivity index (χ2n) is 13.9. The van der Waals surface area contributed by atoms with Crippen LogP contribution < -0.4 is 19.8 Å². The summed E-state index contributed by atoms with van der Waals surface area (Å²) in [6, 6.07) is 22.4. The van der Waals surface area contributed by atoms with Gasteiger partial charge in [-0.1, -0.05) is 23.7 Å². The third kappa shape index (κ3) is 7.24. The van der Waals surface area contributed by atoms with E-state index in [0.717, 1.165) is 23.4 Å². The monoisotopic (exact) mass is 809 g/mol. The van der Waals surface area contributed by atoms with Gasteiger partial charge < -0.3 is 18.9 Å². The number of hydrogen-bond donors (Lipinski definition) is 0. The molecule has 11 nitrogen and oxygen atoms in total. The molecule has 0 aliphatic carbocycles. The summed E-state index contributed by atoms with van der Waals surface area (Å²) >= 11 is 6.22. The standard InChI is InChI=1S/C39H39ClF2N5O6PS/c1-25(2)46-26(3)39(55(4,51)52)37(38(46)27-5-7-29(40)8-6-27)28-21-30(41)23-33(22-28)44-17-15-43(16-18-44)31-9-11-32(12-10-31)45-19-20-53-54(45,50)34-13-14-35(42)36(24-34)47(48)49/h5-14,21-25H,15-20H2,1-4H3. The summed E-state index contributed by atoms with van der Waals surface area (Å²) in [5, 5.41) is 11.9. The molecule has 2 aliphatic heterocycles. The molecule has 1 unspecified atom stereocenters. The van der Waals surface area contributed by atoms with Crippen LogP contribution in [0.2, 0.25) is 5.02 Å².